The van der Waals surface area contributed by atoms with Crippen molar-refractivity contribution in [1.29, 1.82) is 0 Å². The molecule has 2 unspecified atom stereocenters. The van der Waals surface area contributed by atoms with E-state index in [1.807, 2.05) is 39.0 Å². The van der Waals surface area contributed by atoms with E-state index in [0.717, 1.165) is 36.8 Å². The molecule has 138 valence electrons. The van der Waals surface area contributed by atoms with Gasteiger partial charge in [0.25, 0.3) is 0 Å². The predicted molar refractivity (Wildman–Crippen MR) is 97.5 cm³/mol. The van der Waals surface area contributed by atoms with E-state index in [9.17, 15) is 9.59 Å². The number of carbonyl (C=O) groups is 2. The van der Waals surface area contributed by atoms with Crippen LogP contribution in [0.25, 0.3) is 0 Å². The minimum atomic E-state index is -0.527. The van der Waals surface area contributed by atoms with Crippen LogP contribution in [-0.2, 0) is 19.1 Å². The third-order valence-corrected chi connectivity index (χ3v) is 6.92. The Morgan fingerprint density at radius 1 is 1.00 bits per heavy atom. The van der Waals surface area contributed by atoms with E-state index < -0.39 is 5.41 Å². The van der Waals surface area contributed by atoms with Gasteiger partial charge in [0.05, 0.1) is 5.41 Å². The molecule has 2 aliphatic carbocycles. The molecule has 0 aromatic heterocycles. The van der Waals surface area contributed by atoms with Crippen molar-refractivity contribution in [2.45, 2.75) is 53.4 Å². The maximum absolute atomic E-state index is 12.9. The summed E-state index contributed by atoms with van der Waals surface area (Å²) in [5, 5.41) is 0. The van der Waals surface area contributed by atoms with Gasteiger partial charge in [0, 0.05) is 22.6 Å². The molecule has 4 aliphatic rings. The number of hydrogen-bond donors (Lipinski definition) is 0. The molecular weight excluding hydrogens is 328 g/mol. The summed E-state index contributed by atoms with van der Waals surface area (Å²) in [5.74, 6) is 1.73. The fraction of sp³-hybridized carbons (Fsp3) is 0.545. The van der Waals surface area contributed by atoms with Crippen molar-refractivity contribution < 1.29 is 19.1 Å². The lowest BCUT2D eigenvalue weighted by atomic mass is 9.50. The quantitative estimate of drug-likeness (QED) is 0.471. The lowest BCUT2D eigenvalue weighted by molar-refractivity contribution is -0.135. The molecule has 26 heavy (non-hydrogen) atoms. The van der Waals surface area contributed by atoms with Crippen LogP contribution in [0.15, 0.2) is 46.5 Å². The first-order valence-electron chi connectivity index (χ1n) is 9.67. The van der Waals surface area contributed by atoms with Crippen LogP contribution < -0.4 is 0 Å². The Bertz CT molecular complexity index is 810. The van der Waals surface area contributed by atoms with Gasteiger partial charge in [0.15, 0.2) is 0 Å². The Labute approximate surface area is 154 Å². The van der Waals surface area contributed by atoms with Gasteiger partial charge in [-0.1, -0.05) is 13.0 Å². The van der Waals surface area contributed by atoms with Gasteiger partial charge in [-0.05, 0) is 70.4 Å². The van der Waals surface area contributed by atoms with Crippen LogP contribution in [0.5, 0.6) is 0 Å². The van der Waals surface area contributed by atoms with Gasteiger partial charge in [0.2, 0.25) is 0 Å². The van der Waals surface area contributed by atoms with Crippen molar-refractivity contribution in [2.24, 2.45) is 23.2 Å². The van der Waals surface area contributed by atoms with Crippen molar-refractivity contribution in [3.63, 3.8) is 0 Å². The lowest BCUT2D eigenvalue weighted by Crippen LogP contribution is -2.47. The molecule has 0 radical (unpaired) electrons. The first-order valence-corrected chi connectivity index (χ1v) is 9.67. The molecule has 0 N–H and O–H groups in total. The van der Waals surface area contributed by atoms with Crippen molar-refractivity contribution in [1.82, 2.24) is 0 Å². The molecule has 0 amide bonds. The monoisotopic (exact) mass is 354 g/mol. The zero-order valence-corrected chi connectivity index (χ0v) is 15.9. The number of allylic oxidation sites excluding steroid dienone is 5. The Morgan fingerprint density at radius 2 is 1.77 bits per heavy atom. The molecule has 1 spiro atoms. The van der Waals surface area contributed by atoms with Crippen LogP contribution in [0.1, 0.15) is 53.4 Å². The van der Waals surface area contributed by atoms with Gasteiger partial charge in [-0.2, -0.15) is 0 Å². The van der Waals surface area contributed by atoms with Gasteiger partial charge in [0.1, 0.15) is 11.5 Å². The summed E-state index contributed by atoms with van der Waals surface area (Å²) in [6, 6.07) is 0. The summed E-state index contributed by atoms with van der Waals surface area (Å²) in [7, 11) is 0. The molecule has 2 heterocycles. The molecule has 2 fully saturated rings. The Hall–Kier alpha value is -2.10. The minimum absolute atomic E-state index is 0.0520. The smallest absolute Gasteiger partial charge is 0.340 e. The average molecular weight is 354 g/mol. The van der Waals surface area contributed by atoms with Crippen LogP contribution in [-0.4, -0.2) is 11.9 Å². The highest BCUT2D eigenvalue weighted by molar-refractivity contribution is 5.99. The van der Waals surface area contributed by atoms with Crippen molar-refractivity contribution >= 4 is 11.9 Å². The van der Waals surface area contributed by atoms with E-state index in [4.69, 9.17) is 9.47 Å². The first-order chi connectivity index (χ1) is 12.5. The molecule has 4 heteroatoms. The topological polar surface area (TPSA) is 52.6 Å². The third kappa shape index (κ3) is 2.02. The minimum Gasteiger partial charge on any atom is -0.427 e. The number of esters is 2. The fourth-order valence-corrected chi connectivity index (χ4v) is 5.85. The largest absolute Gasteiger partial charge is 0.427 e. The Balaban J connectivity index is 1.98. The van der Waals surface area contributed by atoms with Crippen LogP contribution in [0.2, 0.25) is 0 Å². The summed E-state index contributed by atoms with van der Waals surface area (Å²) in [6.07, 6.45) is 9.42. The first kappa shape index (κ1) is 17.3. The van der Waals surface area contributed by atoms with Crippen LogP contribution in [0.4, 0.5) is 0 Å². The number of rotatable bonds is 0. The van der Waals surface area contributed by atoms with E-state index in [2.05, 4.69) is 6.92 Å². The summed E-state index contributed by atoms with van der Waals surface area (Å²) in [6.45, 7) is 7.99. The number of carbonyl (C=O) groups excluding carboxylic acids is 2. The van der Waals surface area contributed by atoms with Gasteiger partial charge in [-0.15, -0.1) is 0 Å². The summed E-state index contributed by atoms with van der Waals surface area (Å²) in [5.41, 5.74) is 2.01. The molecule has 1 saturated carbocycles. The normalized spacial score (nSPS) is 41.1. The Morgan fingerprint density at radius 3 is 2.42 bits per heavy atom. The maximum Gasteiger partial charge on any atom is 0.340 e. The van der Waals surface area contributed by atoms with Crippen molar-refractivity contribution in [2.75, 3.05) is 0 Å². The maximum atomic E-state index is 12.9. The zero-order valence-electron chi connectivity index (χ0n) is 15.9. The second-order valence-electron chi connectivity index (χ2n) is 7.85. The second kappa shape index (κ2) is 5.97. The summed E-state index contributed by atoms with van der Waals surface area (Å²) < 4.78 is 11.3. The summed E-state index contributed by atoms with van der Waals surface area (Å²) in [4.78, 5) is 25.5. The van der Waals surface area contributed by atoms with E-state index in [0.29, 0.717) is 28.9 Å². The van der Waals surface area contributed by atoms with Gasteiger partial charge in [-0.3, -0.25) is 0 Å². The van der Waals surface area contributed by atoms with Gasteiger partial charge in [-0.25, -0.2) is 9.59 Å². The highest BCUT2D eigenvalue weighted by atomic mass is 16.5. The second-order valence-corrected chi connectivity index (χ2v) is 7.85. The molecule has 2 aliphatic heterocycles. The molecule has 4 atom stereocenters. The fourth-order valence-electron chi connectivity index (χ4n) is 5.85. The van der Waals surface area contributed by atoms with E-state index in [1.165, 1.54) is 0 Å². The predicted octanol–water partition coefficient (Wildman–Crippen LogP) is 4.59. The molecule has 4 nitrogen and oxygen atoms in total. The highest BCUT2D eigenvalue weighted by Crippen LogP contribution is 2.65. The van der Waals surface area contributed by atoms with Gasteiger partial charge < -0.3 is 9.47 Å². The van der Waals surface area contributed by atoms with E-state index in [-0.39, 0.29) is 17.9 Å². The van der Waals surface area contributed by atoms with E-state index >= 15 is 0 Å². The lowest BCUT2D eigenvalue weighted by Gasteiger charge is -2.50. The third-order valence-electron chi connectivity index (χ3n) is 6.92. The zero-order chi connectivity index (χ0) is 18.6. The van der Waals surface area contributed by atoms with Crippen LogP contribution in [0.3, 0.4) is 0 Å². The molecular formula is C22H26O4. The van der Waals surface area contributed by atoms with Crippen molar-refractivity contribution in [3.05, 3.63) is 46.5 Å². The van der Waals surface area contributed by atoms with Crippen LogP contribution >= 0.6 is 0 Å². The van der Waals surface area contributed by atoms with E-state index in [1.54, 1.807) is 0 Å². The SMILES string of the molecule is C/C=C1\OC(=O)C2=C1CCC1C(C)CC[C@@]3(/C(=C/C)OC(=O)/C3=C/C)[C@H]21. The number of cyclic esters (lactones) is 2. The molecule has 0 bridgehead atoms. The molecule has 1 saturated heterocycles. The number of fused-ring (bicyclic) bond motifs is 3. The van der Waals surface area contributed by atoms with Crippen molar-refractivity contribution in [3.8, 4) is 0 Å². The van der Waals surface area contributed by atoms with Crippen LogP contribution in [0, 0.1) is 23.2 Å². The Kier molecular flexibility index (Phi) is 3.98. The molecule has 4 rings (SSSR count). The highest BCUT2D eigenvalue weighted by Gasteiger charge is 2.62. The van der Waals surface area contributed by atoms with Gasteiger partial charge >= 0.3 is 11.9 Å². The summed E-state index contributed by atoms with van der Waals surface area (Å²) >= 11 is 0. The average Bonchev–Trinajstić information content (AvgIpc) is 3.12. The molecule has 0 aromatic carbocycles. The molecule has 0 aromatic rings. The number of hydrogen-bond acceptors (Lipinski definition) is 4. The standard InChI is InChI=1S/C22H26O4/c1-5-15-20(23)26-17(7-3)22(15)11-10-12(4)13-8-9-14-16(6-2)25-21(24)18(14)19(13)22/h5-7,12-13,19H,8-11H2,1-4H3/b15-5-,16-6-,17-7-/t12?,13?,19-,22+/m0/s1. The number of ether oxygens (including phenoxy) is 2.